The summed E-state index contributed by atoms with van der Waals surface area (Å²) in [5.74, 6) is 0.552. The van der Waals surface area contributed by atoms with E-state index in [1.807, 2.05) is 0 Å². The molecule has 0 saturated heterocycles. The Morgan fingerprint density at radius 3 is 2.79 bits per heavy atom. The molecule has 9 nitrogen and oxygen atoms in total. The van der Waals surface area contributed by atoms with Crippen LogP contribution in [0.3, 0.4) is 0 Å². The van der Waals surface area contributed by atoms with E-state index < -0.39 is 26.9 Å². The number of pyridine rings is 1. The number of sulfone groups is 1. The zero-order valence-corrected chi connectivity index (χ0v) is 16.8. The number of carbonyl (C=O) groups is 1. The number of fused-ring (bicyclic) bond motifs is 1. The predicted octanol–water partition coefficient (Wildman–Crippen LogP) is 1.10. The molecule has 1 amide bonds. The Kier molecular flexibility index (Phi) is 4.50. The zero-order chi connectivity index (χ0) is 20.1. The van der Waals surface area contributed by atoms with E-state index in [1.54, 1.807) is 20.8 Å². The molecule has 1 aromatic heterocycles. The third-order valence-electron chi connectivity index (χ3n) is 4.67. The quantitative estimate of drug-likeness (QED) is 0.724. The molecule has 1 N–H and O–H groups in total. The largest absolute Gasteiger partial charge is 0.484 e. The predicted molar refractivity (Wildman–Crippen MR) is 99.0 cm³/mol. The van der Waals surface area contributed by atoms with Gasteiger partial charge in [0.25, 0.3) is 5.88 Å². The van der Waals surface area contributed by atoms with E-state index in [9.17, 15) is 13.2 Å². The molecule has 0 aromatic carbocycles. The number of aromatic nitrogens is 1. The molecule has 0 aliphatic carbocycles. The van der Waals surface area contributed by atoms with Crippen LogP contribution in [0.2, 0.25) is 0 Å². The molecule has 10 heteroatoms. The first-order valence-electron chi connectivity index (χ1n) is 9.07. The van der Waals surface area contributed by atoms with Crippen LogP contribution in [0.25, 0.3) is 0 Å². The third kappa shape index (κ3) is 3.30. The molecule has 0 saturated carbocycles. The van der Waals surface area contributed by atoms with E-state index in [4.69, 9.17) is 14.2 Å². The van der Waals surface area contributed by atoms with Gasteiger partial charge in [0, 0.05) is 31.9 Å². The average Bonchev–Trinajstić information content (AvgIpc) is 3.20. The van der Waals surface area contributed by atoms with E-state index in [2.05, 4.69) is 10.3 Å². The highest BCUT2D eigenvalue weighted by atomic mass is 32.2. The summed E-state index contributed by atoms with van der Waals surface area (Å²) >= 11 is 0. The highest BCUT2D eigenvalue weighted by Crippen LogP contribution is 2.37. The van der Waals surface area contributed by atoms with Crippen molar-refractivity contribution >= 4 is 15.9 Å². The highest BCUT2D eigenvalue weighted by Gasteiger charge is 2.47. The number of rotatable bonds is 2. The summed E-state index contributed by atoms with van der Waals surface area (Å²) in [6.07, 6.45) is 0.595. The summed E-state index contributed by atoms with van der Waals surface area (Å²) in [4.78, 5) is 18.1. The van der Waals surface area contributed by atoms with Crippen LogP contribution >= 0.6 is 0 Å². The minimum absolute atomic E-state index is 0.0176. The maximum atomic E-state index is 13.5. The molecule has 4 rings (SSSR count). The smallest absolute Gasteiger partial charge is 0.411 e. The number of hydrogen-bond acceptors (Lipinski definition) is 8. The van der Waals surface area contributed by atoms with Crippen molar-refractivity contribution < 1.29 is 27.4 Å². The number of nitrogens with one attached hydrogen (secondary N) is 1. The average molecular weight is 409 g/mol. The summed E-state index contributed by atoms with van der Waals surface area (Å²) < 4.78 is 43.3. The van der Waals surface area contributed by atoms with Crippen molar-refractivity contribution in [2.45, 2.75) is 36.6 Å². The van der Waals surface area contributed by atoms with Crippen molar-refractivity contribution in [1.82, 2.24) is 15.2 Å². The van der Waals surface area contributed by atoms with Crippen LogP contribution in [0.5, 0.6) is 11.6 Å². The number of nitrogens with zero attached hydrogens (tertiary/aromatic N) is 2. The Morgan fingerprint density at radius 1 is 1.29 bits per heavy atom. The number of amides is 1. The second-order valence-corrected chi connectivity index (χ2v) is 9.92. The molecule has 0 bridgehead atoms. The fraction of sp³-hybridized carbons (Fsp3) is 0.556. The third-order valence-corrected chi connectivity index (χ3v) is 6.68. The van der Waals surface area contributed by atoms with Gasteiger partial charge in [-0.2, -0.15) is 0 Å². The number of ether oxygens (including phenoxy) is 3. The Bertz CT molecular complexity index is 951. The molecule has 152 valence electrons. The van der Waals surface area contributed by atoms with Gasteiger partial charge >= 0.3 is 6.09 Å². The van der Waals surface area contributed by atoms with Gasteiger partial charge in [-0.05, 0) is 31.9 Å². The molecule has 0 fully saturated rings. The summed E-state index contributed by atoms with van der Waals surface area (Å²) in [6, 6.07) is 1.41. The number of hydrogen-bond donors (Lipinski definition) is 1. The highest BCUT2D eigenvalue weighted by molar-refractivity contribution is 7.92. The molecular weight excluding hydrogens is 386 g/mol. The summed E-state index contributed by atoms with van der Waals surface area (Å²) in [5, 5.41) is 2.03. The van der Waals surface area contributed by atoms with Crippen LogP contribution in [0.1, 0.15) is 20.8 Å². The van der Waals surface area contributed by atoms with Crippen LogP contribution in [0.4, 0.5) is 4.79 Å². The van der Waals surface area contributed by atoms with E-state index in [1.165, 1.54) is 17.2 Å². The van der Waals surface area contributed by atoms with Gasteiger partial charge in [-0.1, -0.05) is 0 Å². The maximum absolute atomic E-state index is 13.5. The van der Waals surface area contributed by atoms with Gasteiger partial charge in [-0.3, -0.25) is 4.90 Å². The van der Waals surface area contributed by atoms with E-state index in [0.717, 1.165) is 5.57 Å². The molecular formula is C18H23N3O6S. The van der Waals surface area contributed by atoms with Crippen molar-refractivity contribution in [2.24, 2.45) is 0 Å². The van der Waals surface area contributed by atoms with E-state index in [-0.39, 0.29) is 23.1 Å². The molecule has 3 aliphatic heterocycles. The van der Waals surface area contributed by atoms with Gasteiger partial charge in [0.05, 0.1) is 4.90 Å². The lowest BCUT2D eigenvalue weighted by Gasteiger charge is -2.30. The topological polar surface area (TPSA) is 107 Å². The Labute approximate surface area is 163 Å². The van der Waals surface area contributed by atoms with Crippen LogP contribution in [-0.2, 0) is 14.6 Å². The molecule has 28 heavy (non-hydrogen) atoms. The van der Waals surface area contributed by atoms with Gasteiger partial charge < -0.3 is 19.5 Å². The van der Waals surface area contributed by atoms with Crippen LogP contribution in [0.15, 0.2) is 28.3 Å². The Hall–Kier alpha value is -2.33. The van der Waals surface area contributed by atoms with Crippen LogP contribution < -0.4 is 14.8 Å². The lowest BCUT2D eigenvalue weighted by atomic mass is 10.2. The molecule has 3 aliphatic rings. The minimum atomic E-state index is -3.95. The lowest BCUT2D eigenvalue weighted by molar-refractivity contribution is 0.0274. The van der Waals surface area contributed by atoms with Gasteiger partial charge in [0.1, 0.15) is 18.8 Å². The van der Waals surface area contributed by atoms with Crippen molar-refractivity contribution in [3.63, 3.8) is 0 Å². The van der Waals surface area contributed by atoms with Gasteiger partial charge in [-0.25, -0.2) is 18.2 Å². The van der Waals surface area contributed by atoms with Crippen molar-refractivity contribution in [3.8, 4) is 11.6 Å². The first kappa shape index (κ1) is 19.0. The van der Waals surface area contributed by atoms with Gasteiger partial charge in [0.2, 0.25) is 9.84 Å². The molecule has 0 radical (unpaired) electrons. The Morgan fingerprint density at radius 2 is 2.04 bits per heavy atom. The standard InChI is InChI=1S/C18H23N3O6S/c1-18(2,3)27-17(22)21-10-11-7-19-9-13(11)16(21)28(23,24)12-6-14-15(20-8-12)26-5-4-25-14/h6,8,16,19H,4-5,7,9-10H2,1-3H3. The SMILES string of the molecule is CC(C)(C)OC(=O)N1CC2=C(CNC2)C1S(=O)(=O)c1cnc2c(c1)OCCO2. The fourth-order valence-corrected chi connectivity index (χ4v) is 5.37. The summed E-state index contributed by atoms with van der Waals surface area (Å²) in [6.45, 7) is 7.12. The molecule has 1 atom stereocenters. The Balaban J connectivity index is 1.71. The first-order chi connectivity index (χ1) is 13.2. The van der Waals surface area contributed by atoms with Gasteiger partial charge in [0.15, 0.2) is 11.1 Å². The zero-order valence-electron chi connectivity index (χ0n) is 16.0. The maximum Gasteiger partial charge on any atom is 0.411 e. The van der Waals surface area contributed by atoms with E-state index >= 15 is 0 Å². The van der Waals surface area contributed by atoms with Crippen LogP contribution in [0, 0.1) is 0 Å². The second-order valence-electron chi connectivity index (χ2n) is 7.91. The summed E-state index contributed by atoms with van der Waals surface area (Å²) in [5.41, 5.74) is 0.876. The fourth-order valence-electron chi connectivity index (χ4n) is 3.52. The van der Waals surface area contributed by atoms with Crippen LogP contribution in [-0.4, -0.2) is 68.2 Å². The minimum Gasteiger partial charge on any atom is -0.484 e. The van der Waals surface area contributed by atoms with Crippen molar-refractivity contribution in [3.05, 3.63) is 23.4 Å². The normalized spacial score (nSPS) is 21.7. The van der Waals surface area contributed by atoms with E-state index in [0.29, 0.717) is 31.9 Å². The second kappa shape index (κ2) is 6.63. The van der Waals surface area contributed by atoms with Crippen molar-refractivity contribution in [2.75, 3.05) is 32.8 Å². The number of carbonyl (C=O) groups excluding carboxylic acids is 1. The molecule has 1 unspecified atom stereocenters. The summed E-state index contributed by atoms with van der Waals surface area (Å²) in [7, 11) is -3.95. The monoisotopic (exact) mass is 409 g/mol. The van der Waals surface area contributed by atoms with Gasteiger partial charge in [-0.15, -0.1) is 0 Å². The lowest BCUT2D eigenvalue weighted by Crippen LogP contribution is -2.46. The molecule has 4 heterocycles. The molecule has 0 spiro atoms. The van der Waals surface area contributed by atoms with Crippen molar-refractivity contribution in [1.29, 1.82) is 0 Å². The first-order valence-corrected chi connectivity index (χ1v) is 10.6. The molecule has 1 aromatic rings.